The van der Waals surface area contributed by atoms with Gasteiger partial charge in [-0.05, 0) is 18.9 Å². The van der Waals surface area contributed by atoms with Gasteiger partial charge in [0.05, 0.1) is 32.3 Å². The summed E-state index contributed by atoms with van der Waals surface area (Å²) in [6, 6.07) is 8.08. The van der Waals surface area contributed by atoms with Crippen LogP contribution in [0.2, 0.25) is 0 Å². The lowest BCUT2D eigenvalue weighted by molar-refractivity contribution is -0.134. The summed E-state index contributed by atoms with van der Waals surface area (Å²) in [5.41, 5.74) is 1.10. The van der Waals surface area contributed by atoms with E-state index in [1.54, 1.807) is 7.11 Å². The first-order valence-corrected chi connectivity index (χ1v) is 9.11. The molecular formula is C19H28N2O4. The zero-order chi connectivity index (χ0) is 17.5. The molecule has 2 saturated heterocycles. The number of rotatable bonds is 6. The maximum Gasteiger partial charge on any atom is 0.224 e. The van der Waals surface area contributed by atoms with E-state index in [2.05, 4.69) is 11.4 Å². The Hall–Kier alpha value is -1.63. The van der Waals surface area contributed by atoms with Gasteiger partial charge in [0.1, 0.15) is 5.75 Å². The monoisotopic (exact) mass is 348 g/mol. The van der Waals surface area contributed by atoms with E-state index in [1.165, 1.54) is 0 Å². The quantitative estimate of drug-likeness (QED) is 0.849. The van der Waals surface area contributed by atoms with Gasteiger partial charge in [-0.1, -0.05) is 18.2 Å². The number of benzene rings is 1. The summed E-state index contributed by atoms with van der Waals surface area (Å²) in [5, 5.41) is 3.48. The minimum absolute atomic E-state index is 0.102. The van der Waals surface area contributed by atoms with Crippen molar-refractivity contribution in [3.63, 3.8) is 0 Å². The fraction of sp³-hybridized carbons (Fsp3) is 0.632. The average Bonchev–Trinajstić information content (AvgIpc) is 2.69. The Morgan fingerprint density at radius 2 is 2.12 bits per heavy atom. The predicted molar refractivity (Wildman–Crippen MR) is 94.7 cm³/mol. The summed E-state index contributed by atoms with van der Waals surface area (Å²) < 4.78 is 16.6. The summed E-state index contributed by atoms with van der Waals surface area (Å²) in [5.74, 6) is 1.02. The summed E-state index contributed by atoms with van der Waals surface area (Å²) in [4.78, 5) is 14.5. The van der Waals surface area contributed by atoms with E-state index in [1.807, 2.05) is 23.1 Å². The number of nitrogens with one attached hydrogen (secondary N) is 1. The average molecular weight is 348 g/mol. The van der Waals surface area contributed by atoms with Crippen molar-refractivity contribution in [2.45, 2.75) is 31.4 Å². The van der Waals surface area contributed by atoms with Crippen molar-refractivity contribution in [2.24, 2.45) is 0 Å². The second-order valence-electron chi connectivity index (χ2n) is 6.52. The van der Waals surface area contributed by atoms with Crippen LogP contribution in [0.1, 0.15) is 30.9 Å². The molecule has 1 unspecified atom stereocenters. The van der Waals surface area contributed by atoms with Crippen molar-refractivity contribution in [3.8, 4) is 5.75 Å². The van der Waals surface area contributed by atoms with Gasteiger partial charge in [-0.15, -0.1) is 0 Å². The van der Waals surface area contributed by atoms with Gasteiger partial charge in [0.25, 0.3) is 0 Å². The van der Waals surface area contributed by atoms with Gasteiger partial charge in [0, 0.05) is 38.4 Å². The summed E-state index contributed by atoms with van der Waals surface area (Å²) in [6.45, 7) is 4.20. The maximum absolute atomic E-state index is 12.5. The molecule has 0 aliphatic carbocycles. The fourth-order valence-electron chi connectivity index (χ4n) is 3.45. The molecular weight excluding hydrogens is 320 g/mol. The molecule has 0 saturated carbocycles. The molecule has 1 N–H and O–H groups in total. The largest absolute Gasteiger partial charge is 0.496 e. The van der Waals surface area contributed by atoms with E-state index in [4.69, 9.17) is 14.2 Å². The highest BCUT2D eigenvalue weighted by Gasteiger charge is 2.26. The van der Waals surface area contributed by atoms with Crippen LogP contribution in [0.15, 0.2) is 24.3 Å². The number of carbonyl (C=O) groups excluding carboxylic acids is 1. The van der Waals surface area contributed by atoms with Gasteiger partial charge in [-0.3, -0.25) is 4.79 Å². The Morgan fingerprint density at radius 3 is 2.92 bits per heavy atom. The van der Waals surface area contributed by atoms with E-state index >= 15 is 0 Å². The van der Waals surface area contributed by atoms with E-state index in [0.29, 0.717) is 19.6 Å². The van der Waals surface area contributed by atoms with E-state index in [9.17, 15) is 4.79 Å². The lowest BCUT2D eigenvalue weighted by Gasteiger charge is -2.34. The van der Waals surface area contributed by atoms with Gasteiger partial charge in [-0.2, -0.15) is 0 Å². The van der Waals surface area contributed by atoms with Gasteiger partial charge in [0.2, 0.25) is 5.91 Å². The first-order valence-electron chi connectivity index (χ1n) is 9.11. The third-order valence-corrected chi connectivity index (χ3v) is 4.88. The van der Waals surface area contributed by atoms with Crippen LogP contribution in [0.4, 0.5) is 0 Å². The normalized spacial score (nSPS) is 22.0. The van der Waals surface area contributed by atoms with Gasteiger partial charge < -0.3 is 24.4 Å². The van der Waals surface area contributed by atoms with Crippen LogP contribution < -0.4 is 10.1 Å². The van der Waals surface area contributed by atoms with Crippen LogP contribution >= 0.6 is 0 Å². The van der Waals surface area contributed by atoms with Crippen molar-refractivity contribution in [2.75, 3.05) is 46.6 Å². The summed E-state index contributed by atoms with van der Waals surface area (Å²) >= 11 is 0. The molecule has 1 amide bonds. The first-order chi connectivity index (χ1) is 12.3. The Kier molecular flexibility index (Phi) is 6.67. The molecule has 138 valence electrons. The number of methoxy groups -OCH3 is 1. The second-order valence-corrected chi connectivity index (χ2v) is 6.52. The maximum atomic E-state index is 12.5. The molecule has 1 atom stereocenters. The Labute approximate surface area is 149 Å². The molecule has 25 heavy (non-hydrogen) atoms. The number of hydrogen-bond acceptors (Lipinski definition) is 5. The third-order valence-electron chi connectivity index (χ3n) is 4.88. The molecule has 0 spiro atoms. The standard InChI is InChI=1S/C19H28N2O4/c1-23-18-5-3-2-4-16(18)17-14-21(10-9-20-17)19(22)8-13-25-15-6-11-24-12-7-15/h2-5,15,17,20H,6-14H2,1H3. The van der Waals surface area contributed by atoms with Crippen molar-refractivity contribution in [3.05, 3.63) is 29.8 Å². The Bertz CT molecular complexity index is 560. The number of para-hydroxylation sites is 1. The van der Waals surface area contributed by atoms with Crippen LogP contribution in [0.5, 0.6) is 5.75 Å². The van der Waals surface area contributed by atoms with Crippen molar-refractivity contribution in [1.82, 2.24) is 10.2 Å². The van der Waals surface area contributed by atoms with Crippen molar-refractivity contribution < 1.29 is 19.0 Å². The molecule has 2 heterocycles. The van der Waals surface area contributed by atoms with Gasteiger partial charge >= 0.3 is 0 Å². The molecule has 1 aromatic carbocycles. The number of hydrogen-bond donors (Lipinski definition) is 1. The van der Waals surface area contributed by atoms with Crippen molar-refractivity contribution >= 4 is 5.91 Å². The number of nitrogens with zero attached hydrogens (tertiary/aromatic N) is 1. The Balaban J connectivity index is 1.49. The third kappa shape index (κ3) is 4.93. The molecule has 2 aliphatic rings. The van der Waals surface area contributed by atoms with Crippen LogP contribution in [0, 0.1) is 0 Å². The summed E-state index contributed by atoms with van der Waals surface area (Å²) in [7, 11) is 1.68. The molecule has 0 bridgehead atoms. The number of amides is 1. The zero-order valence-electron chi connectivity index (χ0n) is 14.9. The first kappa shape index (κ1) is 18.2. The topological polar surface area (TPSA) is 60.0 Å². The van der Waals surface area contributed by atoms with Crippen LogP contribution in [0.25, 0.3) is 0 Å². The highest BCUT2D eigenvalue weighted by Crippen LogP contribution is 2.27. The lowest BCUT2D eigenvalue weighted by atomic mass is 10.0. The predicted octanol–water partition coefficient (Wildman–Crippen LogP) is 1.75. The molecule has 6 heteroatoms. The van der Waals surface area contributed by atoms with Crippen LogP contribution in [0.3, 0.4) is 0 Å². The van der Waals surface area contributed by atoms with Crippen LogP contribution in [-0.2, 0) is 14.3 Å². The molecule has 2 fully saturated rings. The molecule has 0 aromatic heterocycles. The van der Waals surface area contributed by atoms with Gasteiger partial charge in [-0.25, -0.2) is 0 Å². The van der Waals surface area contributed by atoms with E-state index in [0.717, 1.165) is 50.5 Å². The van der Waals surface area contributed by atoms with E-state index < -0.39 is 0 Å². The molecule has 1 aromatic rings. The van der Waals surface area contributed by atoms with E-state index in [-0.39, 0.29) is 18.1 Å². The summed E-state index contributed by atoms with van der Waals surface area (Å²) in [6.07, 6.45) is 2.54. The molecule has 3 rings (SSSR count). The highest BCUT2D eigenvalue weighted by molar-refractivity contribution is 5.76. The van der Waals surface area contributed by atoms with Gasteiger partial charge in [0.15, 0.2) is 0 Å². The second kappa shape index (κ2) is 9.17. The number of ether oxygens (including phenoxy) is 3. The minimum atomic E-state index is 0.102. The van der Waals surface area contributed by atoms with Crippen LogP contribution in [-0.4, -0.2) is 63.5 Å². The molecule has 2 aliphatic heterocycles. The lowest BCUT2D eigenvalue weighted by Crippen LogP contribution is -2.48. The number of carbonyl (C=O) groups is 1. The smallest absolute Gasteiger partial charge is 0.224 e. The highest BCUT2D eigenvalue weighted by atomic mass is 16.5. The SMILES string of the molecule is COc1ccccc1C1CN(C(=O)CCOC2CCOCC2)CCN1. The number of piperazine rings is 1. The zero-order valence-corrected chi connectivity index (χ0v) is 14.9. The minimum Gasteiger partial charge on any atom is -0.496 e. The van der Waals surface area contributed by atoms with Crippen molar-refractivity contribution in [1.29, 1.82) is 0 Å². The fourth-order valence-corrected chi connectivity index (χ4v) is 3.45. The molecule has 0 radical (unpaired) electrons. The Morgan fingerprint density at radius 1 is 1.32 bits per heavy atom. The molecule has 6 nitrogen and oxygen atoms in total.